The lowest BCUT2D eigenvalue weighted by Gasteiger charge is -2.28. The number of phenols is 1. The molecule has 0 amide bonds. The summed E-state index contributed by atoms with van der Waals surface area (Å²) in [6, 6.07) is 90.3. The van der Waals surface area contributed by atoms with E-state index in [1.54, 1.807) is 36.4 Å². The highest BCUT2D eigenvalue weighted by Crippen LogP contribution is 2.35. The van der Waals surface area contributed by atoms with Crippen molar-refractivity contribution in [2.45, 2.75) is 137 Å². The molecule has 0 aromatic heterocycles. The molecule has 6 N–H and O–H groups in total. The van der Waals surface area contributed by atoms with Crippen LogP contribution in [0.5, 0.6) is 5.75 Å². The van der Waals surface area contributed by atoms with Gasteiger partial charge in [-0.2, -0.15) is 0 Å². The Kier molecular flexibility index (Phi) is 37.0. The largest absolute Gasteiger partial charge is 0.508 e. The number of hydrogen-bond donors (Lipinski definition) is 6. The molecular formula is C86H104Cl2O6. The molecule has 8 heteroatoms. The molecule has 0 saturated heterocycles. The first-order valence-corrected chi connectivity index (χ1v) is 34.0. The maximum absolute atomic E-state index is 10.9. The number of aromatic hydroxyl groups is 1. The molecule has 0 radical (unpaired) electrons. The van der Waals surface area contributed by atoms with Gasteiger partial charge in [-0.1, -0.05) is 326 Å². The predicted molar refractivity (Wildman–Crippen MR) is 398 cm³/mol. The average Bonchev–Trinajstić information content (AvgIpc) is 0.830. The highest BCUT2D eigenvalue weighted by molar-refractivity contribution is 6.30. The van der Waals surface area contributed by atoms with Crippen molar-refractivity contribution in [2.75, 3.05) is 13.2 Å². The van der Waals surface area contributed by atoms with Crippen LogP contribution in [0.4, 0.5) is 0 Å². The molecule has 0 fully saturated rings. The Morgan fingerprint density at radius 1 is 0.362 bits per heavy atom. The number of rotatable bonds is 19. The topological polar surface area (TPSA) is 121 Å². The van der Waals surface area contributed by atoms with E-state index in [-0.39, 0.29) is 31.3 Å². The SMILES string of the molecule is CC(C)C(O)c1ccccc1.CC(CO)Cc1ccccc1.CCC(O)(c1ccc(Cl)cc1)c1ccc(Cl)cc1.CCC(O)c1ccccc1.CCC(c1ccc(C)cc1)c1ccc(O)cc1.CCC(c1ccccc1)c1ccccc1.Cc1ccc(CC(C)CO)cc1. The molecule has 0 heterocycles. The van der Waals surface area contributed by atoms with Gasteiger partial charge in [-0.3, -0.25) is 0 Å². The summed E-state index contributed by atoms with van der Waals surface area (Å²) >= 11 is 11.7. The van der Waals surface area contributed by atoms with Crippen LogP contribution in [0.1, 0.15) is 172 Å². The number of benzene rings is 10. The zero-order valence-electron chi connectivity index (χ0n) is 57.1. The summed E-state index contributed by atoms with van der Waals surface area (Å²) in [5.41, 5.74) is 13.3. The maximum atomic E-state index is 10.9. The summed E-state index contributed by atoms with van der Waals surface area (Å²) in [5, 5.41) is 58.1. The van der Waals surface area contributed by atoms with Crippen LogP contribution in [0, 0.1) is 31.6 Å². The highest BCUT2D eigenvalue weighted by atomic mass is 35.5. The van der Waals surface area contributed by atoms with E-state index in [2.05, 4.69) is 156 Å². The molecule has 498 valence electrons. The number of hydrogen-bond acceptors (Lipinski definition) is 6. The monoisotopic (exact) mass is 1300 g/mol. The summed E-state index contributed by atoms with van der Waals surface area (Å²) in [4.78, 5) is 0. The average molecular weight is 1300 g/mol. The zero-order chi connectivity index (χ0) is 68.7. The van der Waals surface area contributed by atoms with Crippen molar-refractivity contribution in [1.29, 1.82) is 0 Å². The molecule has 10 rings (SSSR count). The van der Waals surface area contributed by atoms with Crippen LogP contribution in [0.15, 0.2) is 273 Å². The third-order valence-electron chi connectivity index (χ3n) is 16.2. The fourth-order valence-electron chi connectivity index (χ4n) is 10.4. The van der Waals surface area contributed by atoms with Gasteiger partial charge in [0.15, 0.2) is 0 Å². The number of phenolic OH excluding ortho intramolecular Hbond substituents is 1. The van der Waals surface area contributed by atoms with Crippen LogP contribution in [-0.4, -0.2) is 43.9 Å². The van der Waals surface area contributed by atoms with Crippen molar-refractivity contribution in [1.82, 2.24) is 0 Å². The molecule has 5 atom stereocenters. The fraction of sp³-hybridized carbons (Fsp3) is 0.302. The van der Waals surface area contributed by atoms with Gasteiger partial charge < -0.3 is 30.6 Å². The Hall–Kier alpha value is -7.62. The number of halogens is 2. The Labute approximate surface area is 574 Å². The lowest BCUT2D eigenvalue weighted by atomic mass is 9.84. The van der Waals surface area contributed by atoms with Gasteiger partial charge >= 0.3 is 0 Å². The van der Waals surface area contributed by atoms with Gasteiger partial charge in [-0.05, 0) is 162 Å². The molecule has 0 aliphatic rings. The first-order valence-electron chi connectivity index (χ1n) is 33.3. The molecule has 0 aliphatic heterocycles. The first kappa shape index (κ1) is 78.8. The predicted octanol–water partition coefficient (Wildman–Crippen LogP) is 21.6. The number of aliphatic hydroxyl groups excluding tert-OH is 4. The Morgan fingerprint density at radius 3 is 1.00 bits per heavy atom. The molecule has 94 heavy (non-hydrogen) atoms. The van der Waals surface area contributed by atoms with Gasteiger partial charge in [0, 0.05) is 35.1 Å². The van der Waals surface area contributed by atoms with Crippen LogP contribution in [0.25, 0.3) is 0 Å². The van der Waals surface area contributed by atoms with E-state index in [0.29, 0.717) is 45.9 Å². The summed E-state index contributed by atoms with van der Waals surface area (Å²) in [6.45, 7) is 21.2. The molecule has 10 aromatic carbocycles. The summed E-state index contributed by atoms with van der Waals surface area (Å²) in [7, 11) is 0. The third-order valence-corrected chi connectivity index (χ3v) is 16.8. The fourth-order valence-corrected chi connectivity index (χ4v) is 10.7. The number of aryl methyl sites for hydroxylation is 2. The van der Waals surface area contributed by atoms with Gasteiger partial charge in [0.1, 0.15) is 11.4 Å². The van der Waals surface area contributed by atoms with Crippen molar-refractivity contribution in [3.05, 3.63) is 350 Å². The molecular weight excluding hydrogens is 1200 g/mol. The van der Waals surface area contributed by atoms with Crippen molar-refractivity contribution < 1.29 is 30.6 Å². The Bertz CT molecular complexity index is 3350. The second kappa shape index (κ2) is 44.1. The third kappa shape index (κ3) is 28.5. The van der Waals surface area contributed by atoms with E-state index < -0.39 is 5.60 Å². The van der Waals surface area contributed by atoms with Gasteiger partial charge in [-0.25, -0.2) is 0 Å². The minimum atomic E-state index is -1.00. The minimum Gasteiger partial charge on any atom is -0.508 e. The molecule has 0 spiro atoms. The molecule has 0 bridgehead atoms. The summed E-state index contributed by atoms with van der Waals surface area (Å²) in [5.74, 6) is 2.30. The smallest absolute Gasteiger partial charge is 0.115 e. The Balaban J connectivity index is 0.000000236. The van der Waals surface area contributed by atoms with E-state index in [0.717, 1.165) is 54.4 Å². The van der Waals surface area contributed by atoms with Crippen molar-refractivity contribution >= 4 is 23.2 Å². The van der Waals surface area contributed by atoms with E-state index >= 15 is 0 Å². The van der Waals surface area contributed by atoms with Crippen molar-refractivity contribution in [3.63, 3.8) is 0 Å². The summed E-state index contributed by atoms with van der Waals surface area (Å²) in [6.07, 6.45) is 4.90. The second-order valence-corrected chi connectivity index (χ2v) is 25.2. The van der Waals surface area contributed by atoms with Gasteiger partial charge in [-0.15, -0.1) is 0 Å². The number of aliphatic hydroxyl groups is 5. The summed E-state index contributed by atoms with van der Waals surface area (Å²) < 4.78 is 0. The van der Waals surface area contributed by atoms with Gasteiger partial charge in [0.2, 0.25) is 0 Å². The maximum Gasteiger partial charge on any atom is 0.115 e. The van der Waals surface area contributed by atoms with E-state index in [4.69, 9.17) is 33.4 Å². The lowest BCUT2D eigenvalue weighted by Crippen LogP contribution is -2.26. The van der Waals surface area contributed by atoms with E-state index in [1.165, 1.54) is 44.5 Å². The highest BCUT2D eigenvalue weighted by Gasteiger charge is 2.29. The molecule has 0 saturated carbocycles. The van der Waals surface area contributed by atoms with Crippen molar-refractivity contribution in [3.8, 4) is 5.75 Å². The zero-order valence-corrected chi connectivity index (χ0v) is 58.6. The van der Waals surface area contributed by atoms with Gasteiger partial charge in [0.05, 0.1) is 12.2 Å². The van der Waals surface area contributed by atoms with Crippen LogP contribution < -0.4 is 0 Å². The molecule has 5 unspecified atom stereocenters. The molecule has 6 nitrogen and oxygen atoms in total. The van der Waals surface area contributed by atoms with E-state index in [9.17, 15) is 20.4 Å². The standard InChI is InChI=1S/C16H18O.C15H14Cl2O.C15H16.C11H16O.2C10H14O.C9H12O/c1-3-16(13-6-4-12(2)5-7-13)14-8-10-15(17)11-9-14;1-2-15(18,11-3-7-13(16)8-4-11)12-5-9-14(17)10-6-12;1-2-15(13-9-5-3-6-10-13)14-11-7-4-8-12-14;1-9-3-5-11(6-4-9)7-10(2)8-12;1-8(2)10(11)9-6-4-3-5-7-9;1-9(8-11)7-10-5-3-2-4-6-10;1-2-9(10)8-6-4-3-5-7-8/h4-11,16-17H,3H2,1-2H3;3-10,18H,2H2,1H3;3-12,15H,2H2,1H3;3-6,10,12H,7-8H2,1-2H3;3-8,10-11H,1-2H3;2-6,9,11H,7-8H2,1H3;3-7,9-10H,2H2,1H3. The van der Waals surface area contributed by atoms with Crippen LogP contribution in [-0.2, 0) is 18.4 Å². The lowest BCUT2D eigenvalue weighted by molar-refractivity contribution is 0.0765. The minimum absolute atomic E-state index is 0.272. The first-order chi connectivity index (χ1) is 45.3. The molecule has 0 aliphatic carbocycles. The van der Waals surface area contributed by atoms with Crippen LogP contribution in [0.3, 0.4) is 0 Å². The van der Waals surface area contributed by atoms with E-state index in [1.807, 2.05) is 150 Å². The molecule has 10 aromatic rings. The quantitative estimate of drug-likeness (QED) is 0.0480. The van der Waals surface area contributed by atoms with Crippen molar-refractivity contribution in [2.24, 2.45) is 17.8 Å². The Morgan fingerprint density at radius 2 is 0.670 bits per heavy atom. The van der Waals surface area contributed by atoms with Gasteiger partial charge in [0.25, 0.3) is 0 Å². The van der Waals surface area contributed by atoms with Crippen LogP contribution >= 0.6 is 23.2 Å². The second-order valence-electron chi connectivity index (χ2n) is 24.4. The van der Waals surface area contributed by atoms with Crippen LogP contribution in [0.2, 0.25) is 10.0 Å². The normalized spacial score (nSPS) is 12.2.